The first-order chi connectivity index (χ1) is 18.9. The molecule has 1 aliphatic heterocycles. The summed E-state index contributed by atoms with van der Waals surface area (Å²) in [5.41, 5.74) is 3.53. The Hall–Kier alpha value is -3.43. The Balaban J connectivity index is 1.53. The van der Waals surface area contributed by atoms with Crippen LogP contribution in [0.2, 0.25) is 0 Å². The quantitative estimate of drug-likeness (QED) is 0.227. The van der Waals surface area contributed by atoms with Gasteiger partial charge in [-0.3, -0.25) is 10.1 Å². The van der Waals surface area contributed by atoms with E-state index in [2.05, 4.69) is 16.5 Å². The molecule has 9 nitrogen and oxygen atoms in total. The van der Waals surface area contributed by atoms with Crippen LogP contribution < -0.4 is 15.6 Å². The first kappa shape index (κ1) is 29.6. The molecule has 1 fully saturated rings. The third-order valence-electron chi connectivity index (χ3n) is 6.98. The molecule has 1 atom stereocenters. The third-order valence-corrected chi connectivity index (χ3v) is 6.98. The second-order valence-electron chi connectivity index (χ2n) is 11.7. The van der Waals surface area contributed by atoms with E-state index >= 15 is 0 Å². The second kappa shape index (κ2) is 12.4. The molecule has 0 radical (unpaired) electrons. The molecule has 2 aromatic heterocycles. The van der Waals surface area contributed by atoms with Gasteiger partial charge in [0, 0.05) is 56.7 Å². The molecule has 0 aliphatic carbocycles. The van der Waals surface area contributed by atoms with E-state index in [0.29, 0.717) is 36.0 Å². The number of esters is 1. The Morgan fingerprint density at radius 3 is 2.62 bits per heavy atom. The number of ether oxygens (including phenoxy) is 3. The van der Waals surface area contributed by atoms with E-state index in [1.165, 1.54) is 0 Å². The van der Waals surface area contributed by atoms with E-state index in [1.807, 2.05) is 58.2 Å². The van der Waals surface area contributed by atoms with Crippen molar-refractivity contribution in [2.75, 3.05) is 26.4 Å². The molecule has 9 heteroatoms. The summed E-state index contributed by atoms with van der Waals surface area (Å²) in [5.74, 6) is 1.67. The van der Waals surface area contributed by atoms with Crippen molar-refractivity contribution in [2.45, 2.75) is 65.6 Å². The fourth-order valence-corrected chi connectivity index (χ4v) is 4.98. The Bertz CT molecular complexity index is 1400. The maximum Gasteiger partial charge on any atom is 0.327 e. The van der Waals surface area contributed by atoms with Crippen molar-refractivity contribution in [2.24, 2.45) is 13.0 Å². The zero-order chi connectivity index (χ0) is 29.0. The summed E-state index contributed by atoms with van der Waals surface area (Å²) in [6.07, 6.45) is 3.87. The Kier molecular flexibility index (Phi) is 9.15. The van der Waals surface area contributed by atoms with E-state index < -0.39 is 11.6 Å². The van der Waals surface area contributed by atoms with Gasteiger partial charge in [-0.15, -0.1) is 0 Å². The Labute approximate surface area is 236 Å². The fraction of sp³-hybridized carbons (Fsp3) is 0.516. The van der Waals surface area contributed by atoms with Gasteiger partial charge in [-0.1, -0.05) is 12.2 Å². The van der Waals surface area contributed by atoms with Crippen molar-refractivity contribution >= 4 is 17.0 Å². The van der Waals surface area contributed by atoms with Crippen LogP contribution in [-0.2, 0) is 27.9 Å². The zero-order valence-corrected chi connectivity index (χ0v) is 24.6. The number of carbonyl (C=O) groups is 1. The molecule has 3 aromatic rings. The molecule has 1 N–H and O–H groups in total. The van der Waals surface area contributed by atoms with Gasteiger partial charge in [0.15, 0.2) is 0 Å². The molecule has 1 aliphatic rings. The number of aromatic nitrogens is 3. The summed E-state index contributed by atoms with van der Waals surface area (Å²) in [4.78, 5) is 29.9. The predicted molar refractivity (Wildman–Crippen MR) is 157 cm³/mol. The average molecular weight is 551 g/mol. The lowest BCUT2D eigenvalue weighted by Gasteiger charge is -2.24. The number of aryl methyl sites for hydroxylation is 2. The summed E-state index contributed by atoms with van der Waals surface area (Å²) in [7, 11) is 1.77. The number of hydrogen-bond acceptors (Lipinski definition) is 7. The molecule has 4 rings (SSSR count). The zero-order valence-electron chi connectivity index (χ0n) is 24.6. The summed E-state index contributed by atoms with van der Waals surface area (Å²) >= 11 is 0. The van der Waals surface area contributed by atoms with Gasteiger partial charge in [0.2, 0.25) is 0 Å². The second-order valence-corrected chi connectivity index (χ2v) is 11.7. The molecule has 0 amide bonds. The Morgan fingerprint density at radius 1 is 1.25 bits per heavy atom. The number of rotatable bonds is 10. The van der Waals surface area contributed by atoms with Gasteiger partial charge < -0.3 is 23.3 Å². The number of carbonyl (C=O) groups excluding carboxylic acids is 1. The third kappa shape index (κ3) is 7.20. The van der Waals surface area contributed by atoms with E-state index in [1.54, 1.807) is 18.5 Å². The van der Waals surface area contributed by atoms with Crippen LogP contribution in [0.1, 0.15) is 46.1 Å². The minimum Gasteiger partial charge on any atom is -0.492 e. The molecule has 0 saturated carbocycles. The average Bonchev–Trinajstić information content (AvgIpc) is 3.23. The molecule has 0 bridgehead atoms. The van der Waals surface area contributed by atoms with E-state index in [-0.39, 0.29) is 11.5 Å². The number of nitrogens with one attached hydrogen (secondary N) is 1. The Morgan fingerprint density at radius 2 is 1.98 bits per heavy atom. The number of imidazole rings is 1. The van der Waals surface area contributed by atoms with Gasteiger partial charge in [-0.2, -0.15) is 0 Å². The van der Waals surface area contributed by atoms with Gasteiger partial charge in [0.25, 0.3) is 5.56 Å². The topological polar surface area (TPSA) is 96.6 Å². The van der Waals surface area contributed by atoms with Gasteiger partial charge >= 0.3 is 5.97 Å². The number of nitrogens with zero attached hydrogens (tertiary/aromatic N) is 3. The van der Waals surface area contributed by atoms with Crippen molar-refractivity contribution in [3.63, 3.8) is 0 Å². The summed E-state index contributed by atoms with van der Waals surface area (Å²) in [6.45, 7) is 16.3. The van der Waals surface area contributed by atoms with Crippen LogP contribution in [0.3, 0.4) is 0 Å². The van der Waals surface area contributed by atoms with Crippen molar-refractivity contribution in [1.29, 1.82) is 0 Å². The van der Waals surface area contributed by atoms with Crippen LogP contribution in [0.4, 0.5) is 0 Å². The van der Waals surface area contributed by atoms with Crippen LogP contribution in [0, 0.1) is 12.8 Å². The highest BCUT2D eigenvalue weighted by Crippen LogP contribution is 2.30. The monoisotopic (exact) mass is 550 g/mol. The standard InChI is InChI=1S/C31H42N4O5/c1-20(2)27(30(37)40-31(4,5)6)32-12-15-39-24-8-9-26-25(17-24)33-28(23-16-21(3)29(36)34(7)19-23)35(26)18-22-10-13-38-14-11-22/h8-9,16-17,19,22,27,32H,1,10-15,18H2,2-7H3/t27-/m0/s1. The fourth-order valence-electron chi connectivity index (χ4n) is 4.98. The normalized spacial score (nSPS) is 15.2. The van der Waals surface area contributed by atoms with Crippen molar-refractivity contribution in [1.82, 2.24) is 19.4 Å². The highest BCUT2D eigenvalue weighted by Gasteiger charge is 2.25. The summed E-state index contributed by atoms with van der Waals surface area (Å²) < 4.78 is 21.0. The van der Waals surface area contributed by atoms with Gasteiger partial charge in [-0.05, 0) is 71.6 Å². The van der Waals surface area contributed by atoms with Crippen LogP contribution in [0.25, 0.3) is 22.4 Å². The molecule has 0 spiro atoms. The van der Waals surface area contributed by atoms with Gasteiger partial charge in [0.1, 0.15) is 29.8 Å². The van der Waals surface area contributed by atoms with Gasteiger partial charge in [-0.25, -0.2) is 9.78 Å². The van der Waals surface area contributed by atoms with Crippen LogP contribution in [0.15, 0.2) is 47.4 Å². The van der Waals surface area contributed by atoms with Crippen molar-refractivity contribution < 1.29 is 19.0 Å². The minimum absolute atomic E-state index is 0.0132. The SMILES string of the molecule is C=C(C)[C@H](NCCOc1ccc2c(c1)nc(-c1cc(C)c(=O)n(C)c1)n2CC1CCOCC1)C(=O)OC(C)(C)C. The number of hydrogen-bond donors (Lipinski definition) is 1. The maximum atomic E-state index is 12.5. The predicted octanol–water partition coefficient (Wildman–Crippen LogP) is 4.39. The molecular formula is C31H42N4O5. The van der Waals surface area contributed by atoms with Crippen LogP contribution in [-0.4, -0.2) is 58.1 Å². The van der Waals surface area contributed by atoms with Crippen molar-refractivity contribution in [3.8, 4) is 17.1 Å². The number of benzene rings is 1. The van der Waals surface area contributed by atoms with E-state index in [9.17, 15) is 9.59 Å². The first-order valence-electron chi connectivity index (χ1n) is 13.9. The molecule has 3 heterocycles. The van der Waals surface area contributed by atoms with Crippen LogP contribution >= 0.6 is 0 Å². The van der Waals surface area contributed by atoms with Gasteiger partial charge in [0.05, 0.1) is 11.0 Å². The lowest BCUT2D eigenvalue weighted by Crippen LogP contribution is -2.43. The van der Waals surface area contributed by atoms with E-state index in [0.717, 1.165) is 55.0 Å². The molecule has 1 aromatic carbocycles. The first-order valence-corrected chi connectivity index (χ1v) is 13.9. The number of pyridine rings is 1. The highest BCUT2D eigenvalue weighted by molar-refractivity contribution is 5.82. The maximum absolute atomic E-state index is 12.5. The molecule has 0 unspecified atom stereocenters. The van der Waals surface area contributed by atoms with Crippen LogP contribution in [0.5, 0.6) is 5.75 Å². The lowest BCUT2D eigenvalue weighted by atomic mass is 10.00. The molecule has 216 valence electrons. The molecule has 1 saturated heterocycles. The smallest absolute Gasteiger partial charge is 0.327 e. The number of fused-ring (bicyclic) bond motifs is 1. The highest BCUT2D eigenvalue weighted by atomic mass is 16.6. The lowest BCUT2D eigenvalue weighted by molar-refractivity contribution is -0.156. The minimum atomic E-state index is -0.598. The summed E-state index contributed by atoms with van der Waals surface area (Å²) in [5, 5.41) is 3.19. The summed E-state index contributed by atoms with van der Waals surface area (Å²) in [6, 6.07) is 7.25. The molecule has 40 heavy (non-hydrogen) atoms. The molecular weight excluding hydrogens is 508 g/mol. The van der Waals surface area contributed by atoms with Crippen molar-refractivity contribution in [3.05, 3.63) is 58.5 Å². The largest absolute Gasteiger partial charge is 0.492 e. The van der Waals surface area contributed by atoms with E-state index in [4.69, 9.17) is 19.2 Å².